The number of hydrogen-bond acceptors (Lipinski definition) is 2. The third-order valence-electron chi connectivity index (χ3n) is 3.31. The van der Waals surface area contributed by atoms with Crippen molar-refractivity contribution in [1.29, 1.82) is 0 Å². The van der Waals surface area contributed by atoms with Crippen LogP contribution in [0.4, 0.5) is 10.5 Å². The Kier molecular flexibility index (Phi) is 5.81. The van der Waals surface area contributed by atoms with Crippen molar-refractivity contribution in [3.8, 4) is 0 Å². The molecule has 2 rings (SSSR count). The summed E-state index contributed by atoms with van der Waals surface area (Å²) in [5.74, 6) is 0. The standard InChI is InChI=1S/C17H19ClN2O2/c1-12-7-8-14(10-16(12)18)19-17(22)20-15(11-21)9-13-5-3-2-4-6-13/h2-8,10,15,21H,9,11H2,1H3,(H2,19,20,22). The summed E-state index contributed by atoms with van der Waals surface area (Å²) in [5, 5.41) is 15.5. The van der Waals surface area contributed by atoms with Crippen LogP contribution >= 0.6 is 11.6 Å². The minimum absolute atomic E-state index is 0.128. The highest BCUT2D eigenvalue weighted by Crippen LogP contribution is 2.19. The summed E-state index contributed by atoms with van der Waals surface area (Å²) in [5.41, 5.74) is 2.62. The van der Waals surface area contributed by atoms with E-state index in [1.807, 2.05) is 43.3 Å². The molecule has 0 bridgehead atoms. The molecule has 2 amide bonds. The van der Waals surface area contributed by atoms with E-state index in [4.69, 9.17) is 11.6 Å². The Labute approximate surface area is 135 Å². The smallest absolute Gasteiger partial charge is 0.319 e. The molecule has 0 aliphatic heterocycles. The topological polar surface area (TPSA) is 61.4 Å². The maximum Gasteiger partial charge on any atom is 0.319 e. The van der Waals surface area contributed by atoms with Crippen LogP contribution in [0.3, 0.4) is 0 Å². The number of aliphatic hydroxyl groups is 1. The van der Waals surface area contributed by atoms with Crippen LogP contribution in [0.2, 0.25) is 5.02 Å². The van der Waals surface area contributed by atoms with E-state index in [0.29, 0.717) is 17.1 Å². The molecule has 2 aromatic carbocycles. The van der Waals surface area contributed by atoms with Crippen LogP contribution in [0.25, 0.3) is 0 Å². The van der Waals surface area contributed by atoms with Gasteiger partial charge in [-0.25, -0.2) is 4.79 Å². The lowest BCUT2D eigenvalue weighted by molar-refractivity contribution is 0.224. The second-order valence-electron chi connectivity index (χ2n) is 5.13. The lowest BCUT2D eigenvalue weighted by Gasteiger charge is -2.17. The highest BCUT2D eigenvalue weighted by molar-refractivity contribution is 6.31. The fourth-order valence-electron chi connectivity index (χ4n) is 2.08. The number of nitrogens with one attached hydrogen (secondary N) is 2. The number of amides is 2. The van der Waals surface area contributed by atoms with Gasteiger partial charge in [0, 0.05) is 10.7 Å². The normalized spacial score (nSPS) is 11.8. The van der Waals surface area contributed by atoms with Gasteiger partial charge in [0.25, 0.3) is 0 Å². The first-order valence-electron chi connectivity index (χ1n) is 7.07. The van der Waals surface area contributed by atoms with E-state index in [1.54, 1.807) is 12.1 Å². The summed E-state index contributed by atoms with van der Waals surface area (Å²) in [6.45, 7) is 1.77. The van der Waals surface area contributed by atoms with Crippen molar-refractivity contribution in [3.05, 3.63) is 64.7 Å². The molecule has 0 aliphatic rings. The zero-order valence-electron chi connectivity index (χ0n) is 12.3. The van der Waals surface area contributed by atoms with Gasteiger partial charge in [0.2, 0.25) is 0 Å². The van der Waals surface area contributed by atoms with Gasteiger partial charge >= 0.3 is 6.03 Å². The highest BCUT2D eigenvalue weighted by atomic mass is 35.5. The van der Waals surface area contributed by atoms with Crippen molar-refractivity contribution in [2.45, 2.75) is 19.4 Å². The van der Waals surface area contributed by atoms with Gasteiger partial charge in [-0.1, -0.05) is 48.0 Å². The van der Waals surface area contributed by atoms with Crippen LogP contribution in [0.5, 0.6) is 0 Å². The van der Waals surface area contributed by atoms with Gasteiger partial charge in [-0.2, -0.15) is 0 Å². The van der Waals surface area contributed by atoms with Gasteiger partial charge in [-0.05, 0) is 36.6 Å². The van der Waals surface area contributed by atoms with Crippen molar-refractivity contribution in [3.63, 3.8) is 0 Å². The van der Waals surface area contributed by atoms with E-state index in [-0.39, 0.29) is 18.7 Å². The first-order chi connectivity index (χ1) is 10.6. The molecule has 0 saturated carbocycles. The molecule has 22 heavy (non-hydrogen) atoms. The second kappa shape index (κ2) is 7.82. The van der Waals surface area contributed by atoms with Crippen LogP contribution in [0.1, 0.15) is 11.1 Å². The molecule has 116 valence electrons. The van der Waals surface area contributed by atoms with Gasteiger partial charge in [0.05, 0.1) is 12.6 Å². The number of aliphatic hydroxyl groups excluding tert-OH is 1. The van der Waals surface area contributed by atoms with Gasteiger partial charge in [-0.15, -0.1) is 0 Å². The fourth-order valence-corrected chi connectivity index (χ4v) is 2.26. The van der Waals surface area contributed by atoms with Crippen molar-refractivity contribution >= 4 is 23.3 Å². The third kappa shape index (κ3) is 4.76. The first kappa shape index (κ1) is 16.3. The molecule has 4 nitrogen and oxygen atoms in total. The SMILES string of the molecule is Cc1ccc(NC(=O)NC(CO)Cc2ccccc2)cc1Cl. The van der Waals surface area contributed by atoms with E-state index in [2.05, 4.69) is 10.6 Å². The van der Waals surface area contributed by atoms with Crippen LogP contribution in [-0.2, 0) is 6.42 Å². The molecule has 2 aromatic rings. The molecule has 0 heterocycles. The average molecular weight is 319 g/mol. The molecule has 3 N–H and O–H groups in total. The number of carbonyl (C=O) groups is 1. The second-order valence-corrected chi connectivity index (χ2v) is 5.54. The maximum atomic E-state index is 12.0. The summed E-state index contributed by atoms with van der Waals surface area (Å²) >= 11 is 6.03. The van der Waals surface area contributed by atoms with Gasteiger partial charge in [0.1, 0.15) is 0 Å². The molecular formula is C17H19ClN2O2. The molecule has 0 fully saturated rings. The molecule has 0 aliphatic carbocycles. The lowest BCUT2D eigenvalue weighted by atomic mass is 10.1. The quantitative estimate of drug-likeness (QED) is 0.791. The zero-order chi connectivity index (χ0) is 15.9. The number of hydrogen-bond donors (Lipinski definition) is 3. The molecule has 0 spiro atoms. The molecule has 0 aromatic heterocycles. The monoisotopic (exact) mass is 318 g/mol. The van der Waals surface area contributed by atoms with Crippen LogP contribution in [-0.4, -0.2) is 23.8 Å². The van der Waals surface area contributed by atoms with Crippen LogP contribution < -0.4 is 10.6 Å². The Morgan fingerprint density at radius 3 is 2.59 bits per heavy atom. The molecular weight excluding hydrogens is 300 g/mol. The van der Waals surface area contributed by atoms with Crippen LogP contribution in [0, 0.1) is 6.92 Å². The van der Waals surface area contributed by atoms with E-state index >= 15 is 0 Å². The van der Waals surface area contributed by atoms with Gasteiger partial charge in [-0.3, -0.25) is 0 Å². The van der Waals surface area contributed by atoms with Gasteiger partial charge in [0.15, 0.2) is 0 Å². The Balaban J connectivity index is 1.93. The summed E-state index contributed by atoms with van der Waals surface area (Å²) in [7, 11) is 0. The Hall–Kier alpha value is -2.04. The molecule has 1 atom stereocenters. The number of anilines is 1. The predicted molar refractivity (Wildman–Crippen MR) is 89.4 cm³/mol. The zero-order valence-corrected chi connectivity index (χ0v) is 13.1. The van der Waals surface area contributed by atoms with Crippen LogP contribution in [0.15, 0.2) is 48.5 Å². The average Bonchev–Trinajstić information content (AvgIpc) is 2.51. The minimum atomic E-state index is -0.366. The summed E-state index contributed by atoms with van der Waals surface area (Å²) in [6, 6.07) is 14.3. The Morgan fingerprint density at radius 2 is 1.95 bits per heavy atom. The number of benzene rings is 2. The van der Waals surface area contributed by atoms with E-state index in [1.165, 1.54) is 0 Å². The summed E-state index contributed by atoms with van der Waals surface area (Å²) < 4.78 is 0. The minimum Gasteiger partial charge on any atom is -0.394 e. The number of halogens is 1. The van der Waals surface area contributed by atoms with Crippen molar-refractivity contribution in [2.75, 3.05) is 11.9 Å². The number of aryl methyl sites for hydroxylation is 1. The maximum absolute atomic E-state index is 12.0. The summed E-state index contributed by atoms with van der Waals surface area (Å²) in [6.07, 6.45) is 0.569. The molecule has 0 radical (unpaired) electrons. The molecule has 1 unspecified atom stereocenters. The Morgan fingerprint density at radius 1 is 1.23 bits per heavy atom. The van der Waals surface area contributed by atoms with E-state index in [0.717, 1.165) is 11.1 Å². The number of rotatable bonds is 5. The fraction of sp³-hybridized carbons (Fsp3) is 0.235. The lowest BCUT2D eigenvalue weighted by Crippen LogP contribution is -2.41. The van der Waals surface area contributed by atoms with Crippen molar-refractivity contribution < 1.29 is 9.90 Å². The predicted octanol–water partition coefficient (Wildman–Crippen LogP) is 3.37. The highest BCUT2D eigenvalue weighted by Gasteiger charge is 2.12. The van der Waals surface area contributed by atoms with E-state index in [9.17, 15) is 9.90 Å². The first-order valence-corrected chi connectivity index (χ1v) is 7.44. The Bertz CT molecular complexity index is 632. The van der Waals surface area contributed by atoms with Gasteiger partial charge < -0.3 is 15.7 Å². The largest absolute Gasteiger partial charge is 0.394 e. The molecule has 0 saturated heterocycles. The van der Waals surface area contributed by atoms with Crippen molar-refractivity contribution in [2.24, 2.45) is 0 Å². The van der Waals surface area contributed by atoms with E-state index < -0.39 is 0 Å². The summed E-state index contributed by atoms with van der Waals surface area (Å²) in [4.78, 5) is 12.0. The van der Waals surface area contributed by atoms with Crippen molar-refractivity contribution in [1.82, 2.24) is 5.32 Å². The molecule has 5 heteroatoms. The number of carbonyl (C=O) groups excluding carboxylic acids is 1. The number of urea groups is 1. The third-order valence-corrected chi connectivity index (χ3v) is 3.72.